The molecule has 123 heavy (non-hydrogen) atoms. The van der Waals surface area contributed by atoms with Gasteiger partial charge in [-0.15, -0.1) is 0 Å². The van der Waals surface area contributed by atoms with E-state index in [0.29, 0.717) is 0 Å². The van der Waals surface area contributed by atoms with Crippen LogP contribution in [0.3, 0.4) is 0 Å². The Bertz CT molecular complexity index is 2480. The van der Waals surface area contributed by atoms with Crippen molar-refractivity contribution < 1.29 is 0 Å². The summed E-state index contributed by atoms with van der Waals surface area (Å²) < 4.78 is 0. The lowest BCUT2D eigenvalue weighted by Gasteiger charge is -2.57. The molecule has 0 aromatic carbocycles. The van der Waals surface area contributed by atoms with Crippen LogP contribution in [0.25, 0.3) is 0 Å². The van der Waals surface area contributed by atoms with Crippen LogP contribution in [0.15, 0.2) is 0 Å². The van der Waals surface area contributed by atoms with Crippen molar-refractivity contribution in [1.82, 2.24) is 0 Å². The fourth-order valence-electron chi connectivity index (χ4n) is 42.7. The van der Waals surface area contributed by atoms with Gasteiger partial charge in [-0.25, -0.2) is 0 Å². The van der Waals surface area contributed by atoms with Crippen LogP contribution in [-0.4, -0.2) is 0 Å². The SMILES string of the molecule is C1CC2C3CCCC3C3CCCC3C2C1.C1CC2CCC3CCC1C23.C1CC2CCCC2C1.C1CC2CCCC3CCCC(C1)C23.C1CCC2C(C1)C1CCCCC1C1CCCCC21.C1CCC2C3CCCCCC3C3CCCCCC3C2CC1.C1CCC2CCCCC2C1.C1CCC2CCCCC3CCCCC(C1)C23.C1CCC2CCCCCC2CC1. The molecule has 0 atom stereocenters. The van der Waals surface area contributed by atoms with Gasteiger partial charge in [-0.1, -0.05) is 405 Å². The molecule has 0 nitrogen and oxygen atoms in total. The Morgan fingerprint density at radius 2 is 0.138 bits per heavy atom. The van der Waals surface area contributed by atoms with Gasteiger partial charge in [0, 0.05) is 0 Å². The zero-order chi connectivity index (χ0) is 82.3. The lowest BCUT2D eigenvalue weighted by atomic mass is 9.48. The average molecular weight is 1690 g/mol. The van der Waals surface area contributed by atoms with E-state index in [1.165, 1.54) is 189 Å². The van der Waals surface area contributed by atoms with Crippen LogP contribution in [0, 0.1) is 213 Å². The van der Waals surface area contributed by atoms with Crippen LogP contribution in [0.4, 0.5) is 0 Å². The minimum absolute atomic E-state index is 1.13. The Labute approximate surface area is 766 Å². The normalized spacial score (nSPS) is 48.6. The van der Waals surface area contributed by atoms with E-state index in [-0.39, 0.29) is 0 Å². The van der Waals surface area contributed by atoms with Crippen molar-refractivity contribution in [2.24, 2.45) is 213 Å². The topological polar surface area (TPSA) is 0 Å². The first-order chi connectivity index (χ1) is 61.1. The number of fused-ring (bicyclic) bond motifs is 21. The van der Waals surface area contributed by atoms with Gasteiger partial charge in [0.1, 0.15) is 0 Å². The van der Waals surface area contributed by atoms with Crippen LogP contribution < -0.4 is 0 Å². The van der Waals surface area contributed by atoms with Gasteiger partial charge in [-0.05, 0) is 367 Å². The van der Waals surface area contributed by atoms with Gasteiger partial charge in [-0.3, -0.25) is 0 Å². The monoisotopic (exact) mass is 1690 g/mol. The van der Waals surface area contributed by atoms with E-state index in [4.69, 9.17) is 0 Å². The van der Waals surface area contributed by atoms with Crippen molar-refractivity contribution in [2.45, 2.75) is 559 Å². The predicted octanol–water partition coefficient (Wildman–Crippen LogP) is 38.4. The fourth-order valence-corrected chi connectivity index (χ4v) is 42.7. The Hall–Kier alpha value is 0. The minimum Gasteiger partial charge on any atom is -0.0533 e. The zero-order valence-corrected chi connectivity index (χ0v) is 82.3. The van der Waals surface area contributed by atoms with Crippen LogP contribution in [-0.2, 0) is 0 Å². The van der Waals surface area contributed by atoms with Crippen LogP contribution in [0.5, 0.6) is 0 Å². The Kier molecular flexibility index (Phi) is 35.2. The van der Waals surface area contributed by atoms with Gasteiger partial charge in [-0.2, -0.15) is 0 Å². The number of hydrogen-bond acceptors (Lipinski definition) is 0. The maximum absolute atomic E-state index is 1.61. The van der Waals surface area contributed by atoms with Gasteiger partial charge in [0.05, 0.1) is 0 Å². The summed E-state index contributed by atoms with van der Waals surface area (Å²) in [4.78, 5) is 0. The van der Waals surface area contributed by atoms with Crippen LogP contribution in [0.2, 0.25) is 0 Å². The summed E-state index contributed by atoms with van der Waals surface area (Å²) in [5, 5.41) is 0. The number of rotatable bonds is 0. The second-order valence-corrected chi connectivity index (χ2v) is 52.7. The summed E-state index contributed by atoms with van der Waals surface area (Å²) in [5.41, 5.74) is 0. The number of hydrogen-bond donors (Lipinski definition) is 0. The molecular formula is C123H210. The molecule has 27 saturated carbocycles. The maximum Gasteiger partial charge on any atom is -0.0329 e. The van der Waals surface area contributed by atoms with Crippen molar-refractivity contribution in [2.75, 3.05) is 0 Å². The molecule has 27 rings (SSSR count). The lowest BCUT2D eigenvalue weighted by molar-refractivity contribution is -0.0781. The molecule has 0 aliphatic heterocycles. The molecule has 0 heterocycles. The second kappa shape index (κ2) is 47.0. The molecule has 27 fully saturated rings. The summed E-state index contributed by atoms with van der Waals surface area (Å²) in [6, 6.07) is 0. The fraction of sp³-hybridized carbons (Fsp3) is 1.00. The van der Waals surface area contributed by atoms with E-state index in [1.807, 2.05) is 0 Å². The predicted molar refractivity (Wildman–Crippen MR) is 527 cm³/mol. The third-order valence-corrected chi connectivity index (χ3v) is 47.5. The van der Waals surface area contributed by atoms with E-state index in [1.54, 1.807) is 482 Å². The van der Waals surface area contributed by atoms with Gasteiger partial charge in [0.25, 0.3) is 0 Å². The second-order valence-electron chi connectivity index (χ2n) is 52.7. The molecule has 27 aliphatic carbocycles. The van der Waals surface area contributed by atoms with Crippen molar-refractivity contribution in [1.29, 1.82) is 0 Å². The largest absolute Gasteiger partial charge is 0.0533 e. The Morgan fingerprint density at radius 1 is 0.0569 bits per heavy atom. The van der Waals surface area contributed by atoms with Crippen LogP contribution in [0.1, 0.15) is 559 Å². The van der Waals surface area contributed by atoms with E-state index < -0.39 is 0 Å². The van der Waals surface area contributed by atoms with E-state index in [0.717, 1.165) is 101 Å². The first-order valence-corrected chi connectivity index (χ1v) is 61.1. The van der Waals surface area contributed by atoms with Gasteiger partial charge in [0.2, 0.25) is 0 Å². The molecule has 0 aromatic heterocycles. The smallest absolute Gasteiger partial charge is 0.0329 e. The average Bonchev–Trinajstić information content (AvgIpc) is 1.60. The summed E-state index contributed by atoms with van der Waals surface area (Å²) in [6.45, 7) is 0. The molecule has 0 bridgehead atoms. The van der Waals surface area contributed by atoms with Crippen LogP contribution >= 0.6 is 0 Å². The Balaban J connectivity index is 0.0000000920. The quantitative estimate of drug-likeness (QED) is 0.227. The lowest BCUT2D eigenvalue weighted by Crippen LogP contribution is -2.49. The molecule has 0 aromatic rings. The van der Waals surface area contributed by atoms with Crippen molar-refractivity contribution in [3.05, 3.63) is 0 Å². The molecule has 0 saturated heterocycles. The Morgan fingerprint density at radius 3 is 0.293 bits per heavy atom. The van der Waals surface area contributed by atoms with E-state index in [9.17, 15) is 0 Å². The van der Waals surface area contributed by atoms with Gasteiger partial charge < -0.3 is 0 Å². The third kappa shape index (κ3) is 22.6. The molecule has 27 aliphatic rings. The van der Waals surface area contributed by atoms with Crippen molar-refractivity contribution in [3.63, 3.8) is 0 Å². The first kappa shape index (κ1) is 92.1. The van der Waals surface area contributed by atoms with Crippen molar-refractivity contribution >= 4 is 0 Å². The maximum atomic E-state index is 1.61. The molecule has 0 heteroatoms. The highest BCUT2D eigenvalue weighted by molar-refractivity contribution is 5.06. The highest BCUT2D eigenvalue weighted by atomic mass is 14.6. The first-order valence-electron chi connectivity index (χ1n) is 61.1. The summed E-state index contributed by atoms with van der Waals surface area (Å²) in [7, 11) is 0. The molecule has 0 spiro atoms. The summed E-state index contributed by atoms with van der Waals surface area (Å²) >= 11 is 0. The van der Waals surface area contributed by atoms with Crippen molar-refractivity contribution in [3.8, 4) is 0 Å². The van der Waals surface area contributed by atoms with E-state index >= 15 is 0 Å². The molecule has 0 N–H and O–H groups in total. The molecule has 702 valence electrons. The molecule has 0 amide bonds. The molecule has 0 radical (unpaired) electrons. The molecular weight excluding hydrogens is 1480 g/mol. The summed E-state index contributed by atoms with van der Waals surface area (Å²) in [5.74, 6) is 42.0. The van der Waals surface area contributed by atoms with Gasteiger partial charge in [0.15, 0.2) is 0 Å². The van der Waals surface area contributed by atoms with Gasteiger partial charge >= 0.3 is 0 Å². The minimum atomic E-state index is 1.13. The zero-order valence-electron chi connectivity index (χ0n) is 82.3. The highest BCUT2D eigenvalue weighted by Crippen LogP contribution is 2.66. The summed E-state index contributed by atoms with van der Waals surface area (Å²) in [6.07, 6.45) is 136. The highest BCUT2D eigenvalue weighted by Gasteiger charge is 2.57. The molecule has 0 unspecified atom stereocenters. The van der Waals surface area contributed by atoms with E-state index in [2.05, 4.69) is 0 Å². The third-order valence-electron chi connectivity index (χ3n) is 47.5. The standard InChI is InChI=1S/C21H36.C18H30.C16H28.C15H24.C13H22.C12H22.C10H16.C10H18.C8H14/c1-4-10-16-17(11-5-1)19-13-7-3-9-15-21(19)20-14-8-2-6-12-18(16)20;1-2-8-14-13(7-1)15-9-3-4-11-17(15)18-12-6-5-10-16(14)18;1-2-8-14-10-5-6-12-15-11-4-3-9-13(7-1)16(14)15;1-4-10-11(5-1)13-7-3-9-15(13)14-8-2-6-12(10)14;1-4-10-6-2-8-12-9-3-7-11(5-1)13(10)12;1-3-7-11-9-5-2-6-10-12(11)8-4-1;1-2-8-5-6-9-4-3-7(1)10(8)9;1-2-6-10-8-4-3-7-9(10)5-1;1-3-7-5-2-6-8(7)4-1/h16-21H,1-15H2;13-18H,1-12H2;13-16H,1-12H2;10-15H,1-9H2;10-13H,1-9H2;11-12H,1-10H2;7-10H,1-6H2;9-10H,1-8H2;7-8H,1-6H2.